The Hall–Kier alpha value is -4.96. The fraction of sp³-hybridized carbons (Fsp3) is 0.294. The molecule has 2 heterocycles. The monoisotopic (exact) mass is 600 g/mol. The summed E-state index contributed by atoms with van der Waals surface area (Å²) in [6.07, 6.45) is 5.25. The van der Waals surface area contributed by atoms with Gasteiger partial charge in [-0.2, -0.15) is 5.10 Å². The standard InChI is InChI=1S/C34H36N2O8/c1-4-5-12-36-33(28-11-10-27(40-2)16-30(28)42-20-23-9-7-6-8-22(23)19-37)26(18-35-36)14-25(34(38)39)13-24-15-31-32(44-21-43-31)17-29(24)41-3/h6-11,14-18,37H,4-5,12-13,19-21H2,1-3H3,(H,38,39)/b25-14+. The van der Waals surface area contributed by atoms with Crippen LogP contribution in [0.3, 0.4) is 0 Å². The van der Waals surface area contributed by atoms with Crippen molar-refractivity contribution in [1.29, 1.82) is 0 Å². The zero-order valence-corrected chi connectivity index (χ0v) is 25.0. The van der Waals surface area contributed by atoms with Crippen molar-refractivity contribution < 1.29 is 38.7 Å². The fourth-order valence-corrected chi connectivity index (χ4v) is 5.10. The maximum absolute atomic E-state index is 12.6. The summed E-state index contributed by atoms with van der Waals surface area (Å²) >= 11 is 0. The van der Waals surface area contributed by atoms with Gasteiger partial charge < -0.3 is 33.9 Å². The number of carboxylic acid groups (broad SMARTS) is 1. The first-order chi connectivity index (χ1) is 21.4. The van der Waals surface area contributed by atoms with Crippen LogP contribution in [0.5, 0.6) is 28.7 Å². The molecule has 230 valence electrons. The van der Waals surface area contributed by atoms with Gasteiger partial charge in [-0.25, -0.2) is 4.79 Å². The SMILES string of the molecule is CCCCn1ncc(/C=C(\Cc2cc3c(cc2OC)OCO3)C(=O)O)c1-c1ccc(OC)cc1OCc1ccccc1CO. The molecule has 1 aromatic heterocycles. The number of carboxylic acids is 1. The largest absolute Gasteiger partial charge is 0.497 e. The molecule has 0 saturated heterocycles. The van der Waals surface area contributed by atoms with E-state index in [2.05, 4.69) is 12.0 Å². The number of fused-ring (bicyclic) bond motifs is 1. The molecule has 1 aliphatic heterocycles. The normalized spacial score (nSPS) is 12.3. The van der Waals surface area contributed by atoms with Crippen LogP contribution in [0.1, 0.15) is 42.0 Å². The van der Waals surface area contributed by atoms with Gasteiger partial charge in [-0.3, -0.25) is 4.68 Å². The molecule has 0 atom stereocenters. The molecule has 4 aromatic rings. The lowest BCUT2D eigenvalue weighted by molar-refractivity contribution is -0.132. The lowest BCUT2D eigenvalue weighted by Gasteiger charge is -2.17. The zero-order valence-electron chi connectivity index (χ0n) is 25.0. The molecule has 0 amide bonds. The lowest BCUT2D eigenvalue weighted by atomic mass is 9.99. The molecular weight excluding hydrogens is 564 g/mol. The van der Waals surface area contributed by atoms with E-state index in [0.717, 1.165) is 35.2 Å². The van der Waals surface area contributed by atoms with Crippen molar-refractivity contribution in [3.05, 3.63) is 88.6 Å². The number of nitrogens with zero attached hydrogens (tertiary/aromatic N) is 2. The quantitative estimate of drug-likeness (QED) is 0.171. The molecule has 0 aliphatic carbocycles. The maximum atomic E-state index is 12.6. The van der Waals surface area contributed by atoms with E-state index in [1.807, 2.05) is 41.1 Å². The Labute approximate surface area is 256 Å². The number of ether oxygens (including phenoxy) is 5. The Morgan fingerprint density at radius 2 is 1.77 bits per heavy atom. The fourth-order valence-electron chi connectivity index (χ4n) is 5.10. The first kappa shape index (κ1) is 30.5. The number of hydrogen-bond donors (Lipinski definition) is 2. The van der Waals surface area contributed by atoms with E-state index in [0.29, 0.717) is 46.4 Å². The van der Waals surface area contributed by atoms with E-state index >= 15 is 0 Å². The summed E-state index contributed by atoms with van der Waals surface area (Å²) in [5.41, 5.74) is 4.52. The predicted octanol–water partition coefficient (Wildman–Crippen LogP) is 5.88. The number of unbranched alkanes of at least 4 members (excludes halogenated alkanes) is 1. The third-order valence-electron chi connectivity index (χ3n) is 7.47. The second-order valence-electron chi connectivity index (χ2n) is 10.3. The van der Waals surface area contributed by atoms with Crippen molar-refractivity contribution in [3.8, 4) is 40.0 Å². The smallest absolute Gasteiger partial charge is 0.331 e. The highest BCUT2D eigenvalue weighted by atomic mass is 16.7. The molecular formula is C34H36N2O8. The highest BCUT2D eigenvalue weighted by molar-refractivity contribution is 5.94. The van der Waals surface area contributed by atoms with Crippen LogP contribution in [0.4, 0.5) is 0 Å². The number of aryl methyl sites for hydroxylation is 1. The number of hydrogen-bond acceptors (Lipinski definition) is 8. The first-order valence-corrected chi connectivity index (χ1v) is 14.4. The highest BCUT2D eigenvalue weighted by Gasteiger charge is 2.22. The molecule has 10 heteroatoms. The third-order valence-corrected chi connectivity index (χ3v) is 7.47. The van der Waals surface area contributed by atoms with Gasteiger partial charge in [0.05, 0.1) is 32.7 Å². The minimum Gasteiger partial charge on any atom is -0.497 e. The molecule has 0 unspecified atom stereocenters. The Morgan fingerprint density at radius 1 is 1.00 bits per heavy atom. The van der Waals surface area contributed by atoms with E-state index in [-0.39, 0.29) is 32.0 Å². The summed E-state index contributed by atoms with van der Waals surface area (Å²) in [5.74, 6) is 1.69. The summed E-state index contributed by atoms with van der Waals surface area (Å²) in [7, 11) is 3.12. The zero-order chi connectivity index (χ0) is 31.1. The van der Waals surface area contributed by atoms with Gasteiger partial charge in [0.25, 0.3) is 0 Å². The minimum atomic E-state index is -1.07. The van der Waals surface area contributed by atoms with Crippen molar-refractivity contribution in [2.24, 2.45) is 0 Å². The number of aliphatic hydroxyl groups excluding tert-OH is 1. The van der Waals surface area contributed by atoms with Gasteiger partial charge in [-0.15, -0.1) is 0 Å². The van der Waals surface area contributed by atoms with Crippen LogP contribution in [0.2, 0.25) is 0 Å². The molecule has 3 aromatic carbocycles. The topological polar surface area (TPSA) is 122 Å². The van der Waals surface area contributed by atoms with Crippen LogP contribution in [0, 0.1) is 0 Å². The number of benzene rings is 3. The molecule has 2 N–H and O–H groups in total. The van der Waals surface area contributed by atoms with Gasteiger partial charge in [0.2, 0.25) is 6.79 Å². The summed E-state index contributed by atoms with van der Waals surface area (Å²) in [6, 6.07) is 16.5. The highest BCUT2D eigenvalue weighted by Crippen LogP contribution is 2.40. The summed E-state index contributed by atoms with van der Waals surface area (Å²) < 4.78 is 30.3. The van der Waals surface area contributed by atoms with E-state index in [1.165, 1.54) is 7.11 Å². The number of methoxy groups -OCH3 is 2. The van der Waals surface area contributed by atoms with E-state index in [4.69, 9.17) is 23.7 Å². The average molecular weight is 601 g/mol. The molecule has 0 bridgehead atoms. The number of aliphatic carboxylic acids is 1. The van der Waals surface area contributed by atoms with Gasteiger partial charge in [0, 0.05) is 47.4 Å². The Kier molecular flexibility index (Phi) is 9.71. The van der Waals surface area contributed by atoms with Crippen molar-refractivity contribution in [2.45, 2.75) is 45.9 Å². The van der Waals surface area contributed by atoms with Gasteiger partial charge in [0.1, 0.15) is 23.9 Å². The lowest BCUT2D eigenvalue weighted by Crippen LogP contribution is -2.07. The Morgan fingerprint density at radius 3 is 2.48 bits per heavy atom. The summed E-state index contributed by atoms with van der Waals surface area (Å²) in [4.78, 5) is 12.6. The molecule has 1 aliphatic rings. The summed E-state index contributed by atoms with van der Waals surface area (Å²) in [5, 5.41) is 24.8. The average Bonchev–Trinajstić information content (AvgIpc) is 3.68. The first-order valence-electron chi connectivity index (χ1n) is 14.4. The predicted molar refractivity (Wildman–Crippen MR) is 164 cm³/mol. The van der Waals surface area contributed by atoms with Gasteiger partial charge in [0.15, 0.2) is 11.5 Å². The van der Waals surface area contributed by atoms with Crippen LogP contribution >= 0.6 is 0 Å². The van der Waals surface area contributed by atoms with Crippen LogP contribution < -0.4 is 23.7 Å². The Bertz CT molecular complexity index is 1660. The van der Waals surface area contributed by atoms with Crippen LogP contribution in [0.15, 0.2) is 66.4 Å². The summed E-state index contributed by atoms with van der Waals surface area (Å²) in [6.45, 7) is 2.95. The van der Waals surface area contributed by atoms with Crippen molar-refractivity contribution in [2.75, 3.05) is 21.0 Å². The second kappa shape index (κ2) is 14.0. The van der Waals surface area contributed by atoms with E-state index in [1.54, 1.807) is 37.6 Å². The Balaban J connectivity index is 1.57. The molecule has 0 radical (unpaired) electrons. The molecule has 10 nitrogen and oxygen atoms in total. The molecule has 5 rings (SSSR count). The van der Waals surface area contributed by atoms with E-state index < -0.39 is 5.97 Å². The van der Waals surface area contributed by atoms with Gasteiger partial charge in [-0.1, -0.05) is 37.6 Å². The minimum absolute atomic E-state index is 0.0820. The van der Waals surface area contributed by atoms with E-state index in [9.17, 15) is 15.0 Å². The number of aliphatic hydroxyl groups is 1. The molecule has 0 fully saturated rings. The number of rotatable bonds is 14. The van der Waals surface area contributed by atoms with Crippen molar-refractivity contribution in [3.63, 3.8) is 0 Å². The molecule has 0 saturated carbocycles. The van der Waals surface area contributed by atoms with Crippen LogP contribution in [-0.4, -0.2) is 47.0 Å². The second-order valence-corrected chi connectivity index (χ2v) is 10.3. The van der Waals surface area contributed by atoms with Gasteiger partial charge >= 0.3 is 5.97 Å². The maximum Gasteiger partial charge on any atom is 0.331 e. The molecule has 0 spiro atoms. The number of aromatic nitrogens is 2. The van der Waals surface area contributed by atoms with Gasteiger partial charge in [-0.05, 0) is 41.8 Å². The van der Waals surface area contributed by atoms with Crippen molar-refractivity contribution in [1.82, 2.24) is 9.78 Å². The van der Waals surface area contributed by atoms with Crippen LogP contribution in [-0.2, 0) is 31.0 Å². The number of carbonyl (C=O) groups is 1. The van der Waals surface area contributed by atoms with Crippen LogP contribution in [0.25, 0.3) is 17.3 Å². The molecule has 44 heavy (non-hydrogen) atoms. The van der Waals surface area contributed by atoms with Crippen molar-refractivity contribution >= 4 is 12.0 Å². The third kappa shape index (κ3) is 6.65.